The molecule has 1 heterocycles. The number of halogens is 1. The van der Waals surface area contributed by atoms with Crippen molar-refractivity contribution in [2.45, 2.75) is 13.8 Å². The minimum atomic E-state index is -0.441. The molecule has 5 nitrogen and oxygen atoms in total. The number of ether oxygens (including phenoxy) is 2. The van der Waals surface area contributed by atoms with Gasteiger partial charge in [0, 0.05) is 11.8 Å². The van der Waals surface area contributed by atoms with E-state index in [0.717, 1.165) is 0 Å². The number of hydrogen-bond acceptors (Lipinski definition) is 5. The van der Waals surface area contributed by atoms with Crippen molar-refractivity contribution in [1.82, 2.24) is 9.97 Å². The van der Waals surface area contributed by atoms with Crippen LogP contribution in [0.3, 0.4) is 0 Å². The third-order valence-electron chi connectivity index (χ3n) is 2.87. The monoisotopic (exact) mass is 301 g/mol. The van der Waals surface area contributed by atoms with Crippen LogP contribution in [-0.4, -0.2) is 23.7 Å². The molecule has 6 heteroatoms. The van der Waals surface area contributed by atoms with Gasteiger partial charge in [-0.1, -0.05) is 13.8 Å². The molecule has 114 valence electrons. The Balaban J connectivity index is 2.52. The van der Waals surface area contributed by atoms with Gasteiger partial charge in [-0.05, 0) is 24.1 Å². The Morgan fingerprint density at radius 1 is 1.32 bits per heavy atom. The summed E-state index contributed by atoms with van der Waals surface area (Å²) in [6, 6.07) is 6.22. The zero-order valence-corrected chi connectivity index (χ0v) is 12.6. The van der Waals surface area contributed by atoms with Crippen LogP contribution in [0, 0.1) is 23.1 Å². The van der Waals surface area contributed by atoms with Crippen molar-refractivity contribution in [3.05, 3.63) is 36.0 Å². The van der Waals surface area contributed by atoms with Crippen molar-refractivity contribution >= 4 is 0 Å². The molecule has 0 aliphatic heterocycles. The van der Waals surface area contributed by atoms with Crippen LogP contribution >= 0.6 is 0 Å². The van der Waals surface area contributed by atoms with Gasteiger partial charge in [0.1, 0.15) is 17.6 Å². The summed E-state index contributed by atoms with van der Waals surface area (Å²) in [6.07, 6.45) is 1.39. The van der Waals surface area contributed by atoms with E-state index in [1.165, 1.54) is 25.4 Å². The lowest BCUT2D eigenvalue weighted by atomic mass is 10.1. The first-order valence-corrected chi connectivity index (χ1v) is 6.79. The highest BCUT2D eigenvalue weighted by atomic mass is 19.1. The second-order valence-electron chi connectivity index (χ2n) is 5.07. The predicted molar refractivity (Wildman–Crippen MR) is 79.0 cm³/mol. The molecule has 0 saturated heterocycles. The molecule has 0 spiro atoms. The van der Waals surface area contributed by atoms with Crippen molar-refractivity contribution in [2.24, 2.45) is 5.92 Å². The summed E-state index contributed by atoms with van der Waals surface area (Å²) in [6.45, 7) is 4.37. The Bertz CT molecular complexity index is 711. The van der Waals surface area contributed by atoms with Gasteiger partial charge in [0.15, 0.2) is 0 Å². The van der Waals surface area contributed by atoms with Gasteiger partial charge in [-0.2, -0.15) is 10.2 Å². The maximum absolute atomic E-state index is 14.1. The van der Waals surface area contributed by atoms with Crippen molar-refractivity contribution < 1.29 is 13.9 Å². The fourth-order valence-electron chi connectivity index (χ4n) is 1.80. The molecule has 0 fully saturated rings. The quantitative estimate of drug-likeness (QED) is 0.848. The second kappa shape index (κ2) is 6.85. The first kappa shape index (κ1) is 15.7. The van der Waals surface area contributed by atoms with E-state index in [1.807, 2.05) is 19.9 Å². The van der Waals surface area contributed by atoms with E-state index in [4.69, 9.17) is 14.7 Å². The van der Waals surface area contributed by atoms with Crippen LogP contribution in [0.5, 0.6) is 11.6 Å². The Kier molecular flexibility index (Phi) is 4.89. The molecule has 22 heavy (non-hydrogen) atoms. The van der Waals surface area contributed by atoms with Gasteiger partial charge in [-0.3, -0.25) is 0 Å². The van der Waals surface area contributed by atoms with Crippen molar-refractivity contribution in [3.8, 4) is 28.8 Å². The Hall–Kier alpha value is -2.68. The second-order valence-corrected chi connectivity index (χ2v) is 5.07. The Morgan fingerprint density at radius 2 is 2.09 bits per heavy atom. The van der Waals surface area contributed by atoms with E-state index in [9.17, 15) is 4.39 Å². The molecule has 0 bridgehead atoms. The number of nitriles is 1. The Morgan fingerprint density at radius 3 is 2.73 bits per heavy atom. The van der Waals surface area contributed by atoms with Crippen molar-refractivity contribution in [2.75, 3.05) is 13.7 Å². The highest BCUT2D eigenvalue weighted by Crippen LogP contribution is 2.32. The molecule has 0 amide bonds. The van der Waals surface area contributed by atoms with E-state index < -0.39 is 5.82 Å². The van der Waals surface area contributed by atoms with E-state index in [0.29, 0.717) is 17.9 Å². The molecule has 0 saturated carbocycles. The van der Waals surface area contributed by atoms with E-state index in [2.05, 4.69) is 9.97 Å². The van der Waals surface area contributed by atoms with E-state index in [-0.39, 0.29) is 23.2 Å². The first-order chi connectivity index (χ1) is 10.5. The molecule has 0 aliphatic rings. The van der Waals surface area contributed by atoms with E-state index >= 15 is 0 Å². The highest BCUT2D eigenvalue weighted by Gasteiger charge is 2.16. The molecular formula is C16H16FN3O2. The average Bonchev–Trinajstić information content (AvgIpc) is 2.53. The van der Waals surface area contributed by atoms with Gasteiger partial charge in [-0.15, -0.1) is 0 Å². The molecular weight excluding hydrogens is 285 g/mol. The number of nitrogens with zero attached hydrogens (tertiary/aromatic N) is 3. The standard InChI is InChI=1S/C16H16FN3O2/c1-10(2)9-22-16-13(8-19-15(7-18)20-16)12-6-11(21-3)4-5-14(12)17/h4-6,8,10H,9H2,1-3H3. The molecule has 1 aromatic heterocycles. The van der Waals surface area contributed by atoms with Gasteiger partial charge < -0.3 is 9.47 Å². The molecule has 0 aliphatic carbocycles. The zero-order chi connectivity index (χ0) is 16.1. The maximum atomic E-state index is 14.1. The number of methoxy groups -OCH3 is 1. The maximum Gasteiger partial charge on any atom is 0.235 e. The fraction of sp³-hybridized carbons (Fsp3) is 0.312. The lowest BCUT2D eigenvalue weighted by Gasteiger charge is -2.13. The third kappa shape index (κ3) is 3.50. The molecule has 2 rings (SSSR count). The largest absolute Gasteiger partial charge is 0.497 e. The van der Waals surface area contributed by atoms with Crippen LogP contribution in [0.4, 0.5) is 4.39 Å². The van der Waals surface area contributed by atoms with Crippen LogP contribution in [0.25, 0.3) is 11.1 Å². The molecule has 0 unspecified atom stereocenters. The summed E-state index contributed by atoms with van der Waals surface area (Å²) in [5, 5.41) is 8.91. The summed E-state index contributed by atoms with van der Waals surface area (Å²) in [7, 11) is 1.50. The van der Waals surface area contributed by atoms with Crippen molar-refractivity contribution in [1.29, 1.82) is 5.26 Å². The lowest BCUT2D eigenvalue weighted by molar-refractivity contribution is 0.262. The normalized spacial score (nSPS) is 10.4. The molecule has 2 aromatic rings. The average molecular weight is 301 g/mol. The molecule has 0 N–H and O–H groups in total. The summed E-state index contributed by atoms with van der Waals surface area (Å²) in [5.74, 6) is 0.501. The van der Waals surface area contributed by atoms with Crippen LogP contribution in [0.1, 0.15) is 19.7 Å². The van der Waals surface area contributed by atoms with Gasteiger partial charge in [0.2, 0.25) is 11.7 Å². The fourth-order valence-corrected chi connectivity index (χ4v) is 1.80. The van der Waals surface area contributed by atoms with Crippen molar-refractivity contribution in [3.63, 3.8) is 0 Å². The van der Waals surface area contributed by atoms with Crippen LogP contribution in [0.2, 0.25) is 0 Å². The summed E-state index contributed by atoms with van der Waals surface area (Å²) in [5.41, 5.74) is 0.652. The molecule has 1 aromatic carbocycles. The van der Waals surface area contributed by atoms with Gasteiger partial charge in [0.05, 0.1) is 19.3 Å². The lowest BCUT2D eigenvalue weighted by Crippen LogP contribution is -2.08. The zero-order valence-electron chi connectivity index (χ0n) is 12.6. The number of benzene rings is 1. The molecule has 0 radical (unpaired) electrons. The minimum Gasteiger partial charge on any atom is -0.497 e. The number of rotatable bonds is 5. The van der Waals surface area contributed by atoms with Crippen LogP contribution in [0.15, 0.2) is 24.4 Å². The predicted octanol–water partition coefficient (Wildman–Crippen LogP) is 3.20. The third-order valence-corrected chi connectivity index (χ3v) is 2.87. The smallest absolute Gasteiger partial charge is 0.235 e. The highest BCUT2D eigenvalue weighted by molar-refractivity contribution is 5.70. The summed E-state index contributed by atoms with van der Waals surface area (Å²) >= 11 is 0. The summed E-state index contributed by atoms with van der Waals surface area (Å²) < 4.78 is 24.8. The topological polar surface area (TPSA) is 68.0 Å². The minimum absolute atomic E-state index is 0.0224. The Labute approximate surface area is 128 Å². The first-order valence-electron chi connectivity index (χ1n) is 6.79. The van der Waals surface area contributed by atoms with Gasteiger partial charge in [0.25, 0.3) is 0 Å². The van der Waals surface area contributed by atoms with Gasteiger partial charge in [-0.25, -0.2) is 9.37 Å². The summed E-state index contributed by atoms with van der Waals surface area (Å²) in [4.78, 5) is 7.93. The van der Waals surface area contributed by atoms with E-state index in [1.54, 1.807) is 6.07 Å². The number of hydrogen-bond donors (Lipinski definition) is 0. The van der Waals surface area contributed by atoms with Crippen LogP contribution < -0.4 is 9.47 Å². The molecule has 0 atom stereocenters. The SMILES string of the molecule is COc1ccc(F)c(-c2cnc(C#N)nc2OCC(C)C)c1. The van der Waals surface area contributed by atoms with Crippen LogP contribution in [-0.2, 0) is 0 Å². The van der Waals surface area contributed by atoms with Gasteiger partial charge >= 0.3 is 0 Å². The number of aromatic nitrogens is 2.